The third kappa shape index (κ3) is 2.44. The summed E-state index contributed by atoms with van der Waals surface area (Å²) in [6.45, 7) is 1.41. The van der Waals surface area contributed by atoms with Gasteiger partial charge < -0.3 is 15.6 Å². The molecule has 0 aliphatic heterocycles. The molecule has 1 unspecified atom stereocenters. The van der Waals surface area contributed by atoms with Gasteiger partial charge in [0.25, 0.3) is 0 Å². The van der Waals surface area contributed by atoms with Gasteiger partial charge in [0.05, 0.1) is 11.5 Å². The molecule has 72 valence electrons. The van der Waals surface area contributed by atoms with Crippen molar-refractivity contribution in [2.75, 3.05) is 0 Å². The van der Waals surface area contributed by atoms with Crippen LogP contribution in [0.5, 0.6) is 0 Å². The zero-order valence-corrected chi connectivity index (χ0v) is 8.01. The number of benzene rings is 1. The maximum atomic E-state index is 10.6. The van der Waals surface area contributed by atoms with E-state index in [1.165, 1.54) is 6.92 Å². The lowest BCUT2D eigenvalue weighted by Gasteiger charge is -2.25. The zero-order valence-electron chi connectivity index (χ0n) is 7.19. The van der Waals surface area contributed by atoms with Crippen molar-refractivity contribution in [3.05, 3.63) is 35.9 Å². The van der Waals surface area contributed by atoms with Crippen molar-refractivity contribution in [1.29, 1.82) is 0 Å². The predicted octanol–water partition coefficient (Wildman–Crippen LogP) is 0.0322. The van der Waals surface area contributed by atoms with Crippen molar-refractivity contribution in [3.63, 3.8) is 0 Å². The zero-order chi connectivity index (χ0) is 9.19. The van der Waals surface area contributed by atoms with Crippen molar-refractivity contribution >= 4 is 18.4 Å². The summed E-state index contributed by atoms with van der Waals surface area (Å²) in [7, 11) is 0. The fourth-order valence-corrected chi connectivity index (χ4v) is 0.902. The minimum absolute atomic E-state index is 0. The van der Waals surface area contributed by atoms with Crippen molar-refractivity contribution in [1.82, 2.24) is 0 Å². The Bertz CT molecular complexity index is 285. The lowest BCUT2D eigenvalue weighted by Crippen LogP contribution is -2.50. The number of carboxylic acid groups (broad SMARTS) is 1. The number of hydrogen-bond donors (Lipinski definition) is 1. The molecule has 3 nitrogen and oxygen atoms in total. The standard InChI is InChI=1S/C9H11NO2.ClH/c1-9(10,8(11)12)7-5-3-2-4-6-7;/h2-6H,10H2,1H3,(H,11,12);1H/p-1. The van der Waals surface area contributed by atoms with Crippen molar-refractivity contribution in [2.45, 2.75) is 12.5 Å². The van der Waals surface area contributed by atoms with Crippen LogP contribution in [0.1, 0.15) is 12.5 Å². The molecule has 0 aromatic heterocycles. The van der Waals surface area contributed by atoms with E-state index in [0.29, 0.717) is 5.56 Å². The average molecular weight is 201 g/mol. The van der Waals surface area contributed by atoms with E-state index in [2.05, 4.69) is 0 Å². The maximum absolute atomic E-state index is 10.6. The summed E-state index contributed by atoms with van der Waals surface area (Å²) in [5.41, 5.74) is 4.66. The van der Waals surface area contributed by atoms with E-state index < -0.39 is 11.5 Å². The summed E-state index contributed by atoms with van der Waals surface area (Å²) < 4.78 is 0. The Morgan fingerprint density at radius 1 is 1.38 bits per heavy atom. The van der Waals surface area contributed by atoms with E-state index in [9.17, 15) is 9.90 Å². The predicted molar refractivity (Wildman–Crippen MR) is 50.2 cm³/mol. The fourth-order valence-electron chi connectivity index (χ4n) is 0.902. The lowest BCUT2D eigenvalue weighted by atomic mass is 9.94. The van der Waals surface area contributed by atoms with Crippen LogP contribution in [-0.4, -0.2) is 5.97 Å². The van der Waals surface area contributed by atoms with E-state index in [4.69, 9.17) is 5.73 Å². The Kier molecular flexibility index (Phi) is 3.91. The molecule has 0 fully saturated rings. The normalized spacial score (nSPS) is 14.0. The molecular weight excluding hydrogens is 190 g/mol. The highest BCUT2D eigenvalue weighted by Gasteiger charge is 2.21. The number of rotatable bonds is 2. The molecule has 0 spiro atoms. The molecule has 0 saturated heterocycles. The summed E-state index contributed by atoms with van der Waals surface area (Å²) >= 11 is 0. The second-order valence-electron chi connectivity index (χ2n) is 2.86. The number of hydrogen-bond acceptors (Lipinski definition) is 3. The van der Waals surface area contributed by atoms with Gasteiger partial charge in [0, 0.05) is 0 Å². The second kappa shape index (κ2) is 4.25. The molecule has 1 aromatic rings. The first-order valence-electron chi connectivity index (χ1n) is 3.61. The van der Waals surface area contributed by atoms with Crippen LogP contribution < -0.4 is 10.8 Å². The quantitative estimate of drug-likeness (QED) is 0.733. The van der Waals surface area contributed by atoms with Crippen molar-refractivity contribution in [3.8, 4) is 0 Å². The molecule has 1 aromatic carbocycles. The Hall–Kier alpha value is -1.06. The summed E-state index contributed by atoms with van der Waals surface area (Å²) in [6, 6.07) is 8.60. The van der Waals surface area contributed by atoms with Gasteiger partial charge in [-0.1, -0.05) is 30.3 Å². The van der Waals surface area contributed by atoms with E-state index >= 15 is 0 Å². The van der Waals surface area contributed by atoms with E-state index in [1.807, 2.05) is 0 Å². The number of halogens is 1. The number of carbonyl (C=O) groups is 1. The van der Waals surface area contributed by atoms with Gasteiger partial charge in [0.1, 0.15) is 0 Å². The van der Waals surface area contributed by atoms with Gasteiger partial charge >= 0.3 is 0 Å². The Labute approximate surface area is 83.0 Å². The molecule has 1 rings (SSSR count). The SMILES string of the molecule is CC(N)(C(=O)[O-])c1ccccc1.Cl. The first-order valence-corrected chi connectivity index (χ1v) is 3.61. The highest BCUT2D eigenvalue weighted by atomic mass is 35.5. The van der Waals surface area contributed by atoms with Crippen LogP contribution in [0.25, 0.3) is 0 Å². The van der Waals surface area contributed by atoms with Crippen LogP contribution in [0.4, 0.5) is 0 Å². The monoisotopic (exact) mass is 200 g/mol. The Morgan fingerprint density at radius 2 is 1.85 bits per heavy atom. The molecule has 0 saturated carbocycles. The Morgan fingerprint density at radius 3 is 2.23 bits per heavy atom. The first-order chi connectivity index (χ1) is 5.55. The molecule has 4 heteroatoms. The summed E-state index contributed by atoms with van der Waals surface area (Å²) in [5, 5.41) is 10.6. The van der Waals surface area contributed by atoms with Crippen LogP contribution in [0.3, 0.4) is 0 Å². The molecule has 0 aliphatic rings. The van der Waals surface area contributed by atoms with Gasteiger partial charge in [0.15, 0.2) is 0 Å². The van der Waals surface area contributed by atoms with Crippen molar-refractivity contribution in [2.24, 2.45) is 5.73 Å². The number of nitrogens with two attached hydrogens (primary N) is 1. The fraction of sp³-hybridized carbons (Fsp3) is 0.222. The van der Waals surface area contributed by atoms with Gasteiger partial charge in [-0.05, 0) is 12.5 Å². The smallest absolute Gasteiger partial charge is 0.0783 e. The van der Waals surface area contributed by atoms with E-state index in [-0.39, 0.29) is 12.4 Å². The van der Waals surface area contributed by atoms with E-state index in [0.717, 1.165) is 0 Å². The molecule has 2 N–H and O–H groups in total. The number of aliphatic carboxylic acids is 1. The molecular formula is C9H11ClNO2-. The molecule has 1 atom stereocenters. The maximum Gasteiger partial charge on any atom is 0.0783 e. The number of carboxylic acids is 1. The van der Waals surface area contributed by atoms with Gasteiger partial charge in [-0.15, -0.1) is 12.4 Å². The molecule has 0 aliphatic carbocycles. The van der Waals surface area contributed by atoms with Gasteiger partial charge in [-0.25, -0.2) is 0 Å². The third-order valence-corrected chi connectivity index (χ3v) is 1.80. The summed E-state index contributed by atoms with van der Waals surface area (Å²) in [6.07, 6.45) is 0. The van der Waals surface area contributed by atoms with Crippen LogP contribution >= 0.6 is 12.4 Å². The average Bonchev–Trinajstić information content (AvgIpc) is 2.06. The largest absolute Gasteiger partial charge is 0.548 e. The number of carbonyl (C=O) groups excluding carboxylic acids is 1. The highest BCUT2D eigenvalue weighted by Crippen LogP contribution is 2.15. The van der Waals surface area contributed by atoms with Crippen LogP contribution in [0, 0.1) is 0 Å². The molecule has 0 bridgehead atoms. The molecule has 0 radical (unpaired) electrons. The molecule has 13 heavy (non-hydrogen) atoms. The summed E-state index contributed by atoms with van der Waals surface area (Å²) in [4.78, 5) is 10.6. The van der Waals surface area contributed by atoms with Crippen LogP contribution in [0.15, 0.2) is 30.3 Å². The van der Waals surface area contributed by atoms with Crippen molar-refractivity contribution < 1.29 is 9.90 Å². The Balaban J connectivity index is 0.00000144. The molecule has 0 amide bonds. The summed E-state index contributed by atoms with van der Waals surface area (Å²) in [5.74, 6) is -1.27. The van der Waals surface area contributed by atoms with Gasteiger partial charge in [-0.3, -0.25) is 0 Å². The third-order valence-electron chi connectivity index (χ3n) is 1.80. The topological polar surface area (TPSA) is 66.2 Å². The first kappa shape index (κ1) is 11.9. The minimum Gasteiger partial charge on any atom is -0.548 e. The highest BCUT2D eigenvalue weighted by molar-refractivity contribution is 5.85. The van der Waals surface area contributed by atoms with Gasteiger partial charge in [-0.2, -0.15) is 0 Å². The van der Waals surface area contributed by atoms with Crippen LogP contribution in [-0.2, 0) is 10.3 Å². The second-order valence-corrected chi connectivity index (χ2v) is 2.86. The lowest BCUT2D eigenvalue weighted by molar-refractivity contribution is -0.313. The van der Waals surface area contributed by atoms with Crippen LogP contribution in [0.2, 0.25) is 0 Å². The molecule has 0 heterocycles. The van der Waals surface area contributed by atoms with E-state index in [1.54, 1.807) is 30.3 Å². The minimum atomic E-state index is -1.40. The van der Waals surface area contributed by atoms with Gasteiger partial charge in [0.2, 0.25) is 0 Å².